The Bertz CT molecular complexity index is 1460. The summed E-state index contributed by atoms with van der Waals surface area (Å²) >= 11 is 0. The van der Waals surface area contributed by atoms with Crippen LogP contribution in [0.1, 0.15) is 56.3 Å². The number of piperidine rings is 1. The fourth-order valence-electron chi connectivity index (χ4n) is 4.85. The quantitative estimate of drug-likeness (QED) is 0.259. The highest BCUT2D eigenvalue weighted by Gasteiger charge is 2.34. The number of carbonyl (C=O) groups is 3. The van der Waals surface area contributed by atoms with Gasteiger partial charge in [-0.05, 0) is 55.9 Å². The van der Waals surface area contributed by atoms with Crippen molar-refractivity contribution in [2.45, 2.75) is 64.0 Å². The fraction of sp³-hybridized carbons (Fsp3) is 0.438. The zero-order chi connectivity index (χ0) is 32.8. The van der Waals surface area contributed by atoms with Gasteiger partial charge in [0.15, 0.2) is 5.82 Å². The van der Waals surface area contributed by atoms with Crippen LogP contribution in [-0.2, 0) is 31.9 Å². The van der Waals surface area contributed by atoms with Crippen LogP contribution in [0.15, 0.2) is 67.1 Å². The van der Waals surface area contributed by atoms with E-state index in [0.717, 1.165) is 30.5 Å². The molecule has 3 amide bonds. The van der Waals surface area contributed by atoms with Crippen LogP contribution in [0.25, 0.3) is 0 Å². The van der Waals surface area contributed by atoms with Crippen molar-refractivity contribution in [3.63, 3.8) is 0 Å². The van der Waals surface area contributed by atoms with Gasteiger partial charge in [-0.3, -0.25) is 14.4 Å². The fourth-order valence-corrected chi connectivity index (χ4v) is 4.85. The maximum absolute atomic E-state index is 13.8. The standard InChI is InChI=1S/C32H39F3N6O4.2ClH/c1-21-13-15-40(16-14-21)29(43)27(23-9-11-24(12-10-23)32(33,34)35)41-17-26(37-20-41)39-28(42)25(38-30(44)31(2,3)36)19-45-18-22-7-5-4-6-8-22;;/h4-12,17,20-21,25,27H,13-16,18-19,36H2,1-3H3,(H,38,44)(H,39,42);2*1H/t25-,27?;;/m1../s1. The minimum atomic E-state index is -4.52. The van der Waals surface area contributed by atoms with E-state index >= 15 is 0 Å². The minimum absolute atomic E-state index is 0. The number of hydrogen-bond acceptors (Lipinski definition) is 6. The highest BCUT2D eigenvalue weighted by atomic mass is 35.5. The lowest BCUT2D eigenvalue weighted by atomic mass is 9.97. The van der Waals surface area contributed by atoms with Gasteiger partial charge in [0.1, 0.15) is 12.1 Å². The van der Waals surface area contributed by atoms with Crippen LogP contribution in [0.5, 0.6) is 0 Å². The second kappa shape index (κ2) is 17.0. The summed E-state index contributed by atoms with van der Waals surface area (Å²) < 4.78 is 46.9. The van der Waals surface area contributed by atoms with Crippen molar-refractivity contribution in [1.29, 1.82) is 0 Å². The molecule has 1 saturated heterocycles. The topological polar surface area (TPSA) is 132 Å². The molecule has 3 aromatic rings. The van der Waals surface area contributed by atoms with Crippen molar-refractivity contribution in [2.75, 3.05) is 25.0 Å². The number of carbonyl (C=O) groups excluding carboxylic acids is 3. The lowest BCUT2D eigenvalue weighted by molar-refractivity contribution is -0.137. The number of rotatable bonds is 11. The monoisotopic (exact) mass is 700 g/mol. The molecule has 4 N–H and O–H groups in total. The van der Waals surface area contributed by atoms with Crippen molar-refractivity contribution in [3.05, 3.63) is 83.8 Å². The number of nitrogens with zero attached hydrogens (tertiary/aromatic N) is 3. The van der Waals surface area contributed by atoms with Gasteiger partial charge < -0.3 is 30.6 Å². The maximum atomic E-state index is 13.8. The van der Waals surface area contributed by atoms with Crippen molar-refractivity contribution < 1.29 is 32.3 Å². The molecule has 0 aliphatic carbocycles. The van der Waals surface area contributed by atoms with Gasteiger partial charge in [0.2, 0.25) is 11.8 Å². The Morgan fingerprint density at radius 3 is 2.21 bits per heavy atom. The SMILES string of the molecule is CC1CCN(C(=O)C(c2ccc(C(F)(F)F)cc2)n2cnc(NC(=O)[C@@H](COCc3ccccc3)NC(=O)C(C)(C)N)c2)CC1.Cl.Cl. The average molecular weight is 702 g/mol. The Kier molecular flexibility index (Phi) is 14.3. The maximum Gasteiger partial charge on any atom is 0.416 e. The van der Waals surface area contributed by atoms with E-state index in [1.165, 1.54) is 43.1 Å². The molecule has 1 aliphatic rings. The molecule has 0 bridgehead atoms. The molecule has 0 radical (unpaired) electrons. The molecule has 1 aliphatic heterocycles. The zero-order valence-corrected chi connectivity index (χ0v) is 28.0. The largest absolute Gasteiger partial charge is 0.416 e. The number of imidazole rings is 1. The first kappa shape index (κ1) is 39.5. The van der Waals surface area contributed by atoms with E-state index in [9.17, 15) is 27.6 Å². The number of aromatic nitrogens is 2. The van der Waals surface area contributed by atoms with Gasteiger partial charge in [0.25, 0.3) is 5.91 Å². The first-order valence-electron chi connectivity index (χ1n) is 14.7. The van der Waals surface area contributed by atoms with Gasteiger partial charge in [0.05, 0.1) is 30.6 Å². The summed E-state index contributed by atoms with van der Waals surface area (Å²) in [7, 11) is 0. The second-order valence-corrected chi connectivity index (χ2v) is 12.0. The third-order valence-electron chi connectivity index (χ3n) is 7.64. The number of alkyl halides is 3. The third kappa shape index (κ3) is 11.0. The number of nitrogens with one attached hydrogen (secondary N) is 2. The number of anilines is 1. The molecular formula is C32H41Cl2F3N6O4. The van der Waals surface area contributed by atoms with Crippen molar-refractivity contribution >= 4 is 48.4 Å². The van der Waals surface area contributed by atoms with E-state index in [4.69, 9.17) is 10.5 Å². The molecule has 0 saturated carbocycles. The van der Waals surface area contributed by atoms with E-state index in [1.807, 2.05) is 30.3 Å². The van der Waals surface area contributed by atoms with Crippen LogP contribution in [0, 0.1) is 5.92 Å². The van der Waals surface area contributed by atoms with Crippen LogP contribution >= 0.6 is 24.8 Å². The molecule has 47 heavy (non-hydrogen) atoms. The van der Waals surface area contributed by atoms with Crippen LogP contribution in [0.4, 0.5) is 19.0 Å². The van der Waals surface area contributed by atoms with Crippen molar-refractivity contribution in [2.24, 2.45) is 11.7 Å². The summed E-state index contributed by atoms with van der Waals surface area (Å²) in [6.07, 6.45) is -0.124. The molecule has 2 atom stereocenters. The molecule has 2 aromatic carbocycles. The minimum Gasteiger partial charge on any atom is -0.374 e. The number of halogens is 5. The van der Waals surface area contributed by atoms with Crippen molar-refractivity contribution in [3.8, 4) is 0 Å². The van der Waals surface area contributed by atoms with Gasteiger partial charge in [-0.25, -0.2) is 4.98 Å². The van der Waals surface area contributed by atoms with Gasteiger partial charge in [-0.1, -0.05) is 49.4 Å². The van der Waals surface area contributed by atoms with Crippen LogP contribution in [0.2, 0.25) is 0 Å². The predicted molar refractivity (Wildman–Crippen MR) is 176 cm³/mol. The average Bonchev–Trinajstić information content (AvgIpc) is 3.44. The first-order chi connectivity index (χ1) is 21.2. The van der Waals surface area contributed by atoms with E-state index < -0.39 is 41.2 Å². The molecule has 1 aromatic heterocycles. The smallest absolute Gasteiger partial charge is 0.374 e. The molecule has 1 unspecified atom stereocenters. The highest BCUT2D eigenvalue weighted by molar-refractivity contribution is 5.98. The van der Waals surface area contributed by atoms with Gasteiger partial charge in [-0.2, -0.15) is 13.2 Å². The van der Waals surface area contributed by atoms with Crippen LogP contribution in [0.3, 0.4) is 0 Å². The summed E-state index contributed by atoms with van der Waals surface area (Å²) in [4.78, 5) is 45.7. The van der Waals surface area contributed by atoms with Crippen LogP contribution < -0.4 is 16.4 Å². The third-order valence-corrected chi connectivity index (χ3v) is 7.64. The molecule has 258 valence electrons. The van der Waals surface area contributed by atoms with Crippen LogP contribution in [-0.4, -0.2) is 63.4 Å². The Morgan fingerprint density at radius 1 is 1.02 bits per heavy atom. The summed E-state index contributed by atoms with van der Waals surface area (Å²) in [5, 5.41) is 5.26. The van der Waals surface area contributed by atoms with Gasteiger partial charge in [0, 0.05) is 19.3 Å². The molecule has 4 rings (SSSR count). The van der Waals surface area contributed by atoms with Gasteiger partial charge >= 0.3 is 6.18 Å². The highest BCUT2D eigenvalue weighted by Crippen LogP contribution is 2.32. The normalized spacial score (nSPS) is 15.1. The Hall–Kier alpha value is -3.65. The van der Waals surface area contributed by atoms with Gasteiger partial charge in [-0.15, -0.1) is 24.8 Å². The molecule has 10 nitrogen and oxygen atoms in total. The summed E-state index contributed by atoms with van der Waals surface area (Å²) in [5.74, 6) is -0.954. The molecule has 15 heteroatoms. The number of ether oxygens (including phenoxy) is 1. The van der Waals surface area contributed by atoms with E-state index in [-0.39, 0.29) is 49.8 Å². The van der Waals surface area contributed by atoms with E-state index in [0.29, 0.717) is 24.6 Å². The zero-order valence-electron chi connectivity index (χ0n) is 26.3. The molecule has 2 heterocycles. The summed E-state index contributed by atoms with van der Waals surface area (Å²) in [5.41, 5.74) is 5.05. The molecule has 0 spiro atoms. The Balaban J connectivity index is 0.00000384. The number of benzene rings is 2. The lowest BCUT2D eigenvalue weighted by Crippen LogP contribution is -2.56. The molecule has 1 fully saturated rings. The summed E-state index contributed by atoms with van der Waals surface area (Å²) in [6.45, 7) is 6.21. The van der Waals surface area contributed by atoms with E-state index in [1.54, 1.807) is 4.90 Å². The second-order valence-electron chi connectivity index (χ2n) is 12.0. The lowest BCUT2D eigenvalue weighted by Gasteiger charge is -2.33. The first-order valence-corrected chi connectivity index (χ1v) is 14.7. The van der Waals surface area contributed by atoms with E-state index in [2.05, 4.69) is 22.5 Å². The Labute approximate surface area is 284 Å². The summed E-state index contributed by atoms with van der Waals surface area (Å²) in [6, 6.07) is 11.6. The Morgan fingerprint density at radius 2 is 1.64 bits per heavy atom. The number of nitrogens with two attached hydrogens (primary N) is 1. The predicted octanol–water partition coefficient (Wildman–Crippen LogP) is 4.97. The number of likely N-dealkylation sites (tertiary alicyclic amines) is 1. The molecular weight excluding hydrogens is 660 g/mol. The number of hydrogen-bond donors (Lipinski definition) is 3. The van der Waals surface area contributed by atoms with Crippen molar-refractivity contribution in [1.82, 2.24) is 19.8 Å². The number of amides is 3.